The summed E-state index contributed by atoms with van der Waals surface area (Å²) in [5.74, 6) is 2.88. The van der Waals surface area contributed by atoms with Crippen LogP contribution in [-0.2, 0) is 44.5 Å². The summed E-state index contributed by atoms with van der Waals surface area (Å²) in [7, 11) is -12.7. The quantitative estimate of drug-likeness (QED) is 0.0783. The van der Waals surface area contributed by atoms with Crippen molar-refractivity contribution < 1.29 is 54.0 Å². The number of sulfonamides is 3. The molecule has 0 spiro atoms. The maximum atomic E-state index is 13.6. The highest BCUT2D eigenvalue weighted by Gasteiger charge is 2.47. The molecule has 15 rings (SSSR count). The second-order valence-corrected chi connectivity index (χ2v) is 45.3. The van der Waals surface area contributed by atoms with Crippen LogP contribution in [0.3, 0.4) is 0 Å². The Morgan fingerprint density at radius 2 is 0.621 bits per heavy atom. The van der Waals surface area contributed by atoms with Crippen molar-refractivity contribution in [3.63, 3.8) is 0 Å². The van der Waals surface area contributed by atoms with Crippen molar-refractivity contribution >= 4 is 118 Å². The van der Waals surface area contributed by atoms with Gasteiger partial charge in [0, 0.05) is 93.3 Å². The molecule has 3 unspecified atom stereocenters. The lowest BCUT2D eigenvalue weighted by Crippen LogP contribution is -2.41. The lowest BCUT2D eigenvalue weighted by molar-refractivity contribution is -0.121. The molecule has 9 aliphatic rings. The Bertz CT molecular complexity index is 4820. The minimum absolute atomic E-state index is 0. The number of rotatable bonds is 9. The Labute approximate surface area is 733 Å². The summed E-state index contributed by atoms with van der Waals surface area (Å²) < 4.78 is 85.8. The van der Waals surface area contributed by atoms with Crippen molar-refractivity contribution in [3.8, 4) is 0 Å². The van der Waals surface area contributed by atoms with E-state index in [9.17, 15) is 54.0 Å². The van der Waals surface area contributed by atoms with E-state index in [4.69, 9.17) is 15.0 Å². The zero-order valence-electron chi connectivity index (χ0n) is 74.2. The molecular formula is C91H130N18O12S3. The van der Waals surface area contributed by atoms with E-state index in [1.807, 2.05) is 0 Å². The summed E-state index contributed by atoms with van der Waals surface area (Å²) in [6, 6.07) is 23.8. The third-order valence-corrected chi connectivity index (χ3v) is 29.1. The molecule has 9 aliphatic heterocycles. The van der Waals surface area contributed by atoms with Gasteiger partial charge in [-0.3, -0.25) is 43.5 Å². The highest BCUT2D eigenvalue weighted by atomic mass is 32.2. The Balaban J connectivity index is 0.000000169. The summed E-state index contributed by atoms with van der Waals surface area (Å²) in [5.41, 5.74) is -0.0141. The van der Waals surface area contributed by atoms with Gasteiger partial charge in [-0.2, -0.15) is 25.3 Å². The number of amides is 6. The first-order valence-electron chi connectivity index (χ1n) is 43.8. The Morgan fingerprint density at radius 1 is 0.363 bits per heavy atom. The average molecular weight is 1760 g/mol. The van der Waals surface area contributed by atoms with Crippen LogP contribution in [0.2, 0.25) is 0 Å². The van der Waals surface area contributed by atoms with E-state index in [0.717, 1.165) is 116 Å². The molecule has 6 aromatic heterocycles. The first-order valence-corrected chi connectivity index (χ1v) is 48.3. The average Bonchev–Trinajstić information content (AvgIpc) is 1.60. The van der Waals surface area contributed by atoms with Gasteiger partial charge in [-0.1, -0.05) is 87.9 Å². The van der Waals surface area contributed by atoms with E-state index < -0.39 is 47.8 Å². The second kappa shape index (κ2) is 36.7. The number of pyridine rings is 6. The van der Waals surface area contributed by atoms with Crippen LogP contribution in [0.15, 0.2) is 106 Å². The predicted molar refractivity (Wildman–Crippen MR) is 485 cm³/mol. The number of hydrogen-bond acceptors (Lipinski definition) is 24. The lowest BCUT2D eigenvalue weighted by atomic mass is 9.86. The molecule has 6 saturated heterocycles. The molecule has 0 radical (unpaired) electrons. The maximum Gasteiger partial charge on any atom is 0.281 e. The number of aromatic nitrogens is 6. The van der Waals surface area contributed by atoms with Gasteiger partial charge in [0.1, 0.15) is 52.4 Å². The molecule has 0 aromatic carbocycles. The summed E-state index contributed by atoms with van der Waals surface area (Å²) in [6.07, 6.45) is 16.0. The van der Waals surface area contributed by atoms with Crippen LogP contribution in [0.4, 0.5) is 52.4 Å². The molecule has 33 heteroatoms. The first kappa shape index (κ1) is 93.5. The van der Waals surface area contributed by atoms with Gasteiger partial charge in [0.25, 0.3) is 47.8 Å². The van der Waals surface area contributed by atoms with Gasteiger partial charge in [-0.15, -0.1) is 0 Å². The Morgan fingerprint density at radius 3 is 0.871 bits per heavy atom. The monoisotopic (exact) mass is 1760 g/mol. The van der Waals surface area contributed by atoms with Crippen LogP contribution < -0.4 is 59.5 Å². The van der Waals surface area contributed by atoms with E-state index in [1.54, 1.807) is 87.5 Å². The van der Waals surface area contributed by atoms with Gasteiger partial charge in [0.05, 0.1) is 16.7 Å². The molecule has 0 aliphatic carbocycles. The fourth-order valence-electron chi connectivity index (χ4n) is 18.8. The van der Waals surface area contributed by atoms with E-state index in [2.05, 4.69) is 164 Å². The van der Waals surface area contributed by atoms with Gasteiger partial charge in [0.2, 0.25) is 17.7 Å². The lowest BCUT2D eigenvalue weighted by Gasteiger charge is -2.34. The van der Waals surface area contributed by atoms with Crippen molar-refractivity contribution in [2.75, 3.05) is 104 Å². The van der Waals surface area contributed by atoms with Gasteiger partial charge in [-0.25, -0.2) is 44.1 Å². The van der Waals surface area contributed by atoms with Crippen molar-refractivity contribution in [1.82, 2.24) is 44.1 Å². The minimum atomic E-state index is -4.24. The molecule has 124 heavy (non-hydrogen) atoms. The topological polar surface area (TPSA) is 374 Å². The van der Waals surface area contributed by atoms with Crippen molar-refractivity contribution in [2.24, 2.45) is 51.8 Å². The summed E-state index contributed by atoms with van der Waals surface area (Å²) >= 11 is 0. The number of fused-ring (bicyclic) bond motifs is 18. The standard InChI is InChI=1S/3C30H42N6O4S.CH4/c3*1-29(2,3)15-13-21-14-17-35(28(21)38)24-12-11-22-26(33-24)36-19-20(18-30(36,4)5)8-7-16-31-23-9-6-10-25(32-23)41(39,40)34-27(22)37;/h3*6,9-12,20-21H,7-8,13-19H2,1-5H3,(H,31,32)(H,34,37);1H4/t3*20-,21?;/m000./s1. The van der Waals surface area contributed by atoms with Crippen LogP contribution >= 0.6 is 0 Å². The summed E-state index contributed by atoms with van der Waals surface area (Å²) in [5, 5.41) is 8.93. The zero-order valence-corrected chi connectivity index (χ0v) is 76.7. The second-order valence-electron chi connectivity index (χ2n) is 40.4. The molecule has 674 valence electrons. The molecular weight excluding hydrogens is 1630 g/mol. The minimum Gasteiger partial charge on any atom is -0.370 e. The van der Waals surface area contributed by atoms with E-state index >= 15 is 0 Å². The summed E-state index contributed by atoms with van der Waals surface area (Å²) in [6.45, 7) is 38.1. The van der Waals surface area contributed by atoms with E-state index in [0.29, 0.717) is 129 Å². The molecule has 6 aromatic rings. The highest BCUT2D eigenvalue weighted by Crippen LogP contribution is 2.46. The van der Waals surface area contributed by atoms with Crippen LogP contribution in [0.25, 0.3) is 0 Å². The SMILES string of the molecule is C.CC(C)(C)CCC1CCN(c2ccc3c(n2)N2C[C@@H](CCCNc4cccc(n4)S(=O)(=O)NC3=O)CC2(C)C)C1=O.CC(C)(C)CCC1CCN(c2ccc3c(n2)N2C[C@@H](CCCNc4cccc(n4)S(=O)(=O)NC3=O)CC2(C)C)C1=O.CC(C)(C)CCC1CCN(c2ccc3c(n2)N2C[C@@H](CCCNc4cccc(n4)S(=O)(=O)NC3=O)CC2(C)C)C1=O. The number of nitrogens with zero attached hydrogens (tertiary/aromatic N) is 12. The van der Waals surface area contributed by atoms with Crippen LogP contribution in [0.5, 0.6) is 0 Å². The number of anilines is 9. The smallest absolute Gasteiger partial charge is 0.281 e. The van der Waals surface area contributed by atoms with Gasteiger partial charge in [-0.05, 0) is 264 Å². The number of carbonyl (C=O) groups is 6. The number of nitrogens with one attached hydrogen (secondary N) is 6. The highest BCUT2D eigenvalue weighted by molar-refractivity contribution is 7.90. The van der Waals surface area contributed by atoms with E-state index in [-0.39, 0.29) is 108 Å². The molecule has 0 saturated carbocycles. The molecule has 6 atom stereocenters. The Hall–Kier alpha value is -9.63. The van der Waals surface area contributed by atoms with Crippen LogP contribution in [0, 0.1) is 51.8 Å². The largest absolute Gasteiger partial charge is 0.370 e. The third-order valence-electron chi connectivity index (χ3n) is 25.4. The van der Waals surface area contributed by atoms with Gasteiger partial charge in [0.15, 0.2) is 15.1 Å². The fraction of sp³-hybridized carbons (Fsp3) is 0.604. The molecule has 15 heterocycles. The fourth-order valence-corrected chi connectivity index (χ4v) is 21.6. The van der Waals surface area contributed by atoms with Gasteiger partial charge < -0.3 is 30.7 Å². The van der Waals surface area contributed by atoms with E-state index in [1.165, 1.54) is 18.2 Å². The van der Waals surface area contributed by atoms with Gasteiger partial charge >= 0.3 is 0 Å². The first-order chi connectivity index (χ1) is 57.7. The molecule has 12 bridgehead atoms. The Kier molecular flexibility index (Phi) is 27.7. The zero-order chi connectivity index (χ0) is 88.7. The van der Waals surface area contributed by atoms with Crippen LogP contribution in [0.1, 0.15) is 258 Å². The van der Waals surface area contributed by atoms with Crippen molar-refractivity contribution in [1.29, 1.82) is 0 Å². The van der Waals surface area contributed by atoms with Crippen molar-refractivity contribution in [3.05, 3.63) is 108 Å². The molecule has 6 N–H and O–H groups in total. The molecule has 30 nitrogen and oxygen atoms in total. The van der Waals surface area contributed by atoms with Crippen LogP contribution in [-0.4, -0.2) is 166 Å². The predicted octanol–water partition coefficient (Wildman–Crippen LogP) is 14.4. The summed E-state index contributed by atoms with van der Waals surface area (Å²) in [4.78, 5) is 120. The number of carbonyl (C=O) groups excluding carboxylic acids is 6. The molecule has 6 fully saturated rings. The third kappa shape index (κ3) is 22.1. The number of hydrogen-bond donors (Lipinski definition) is 6. The van der Waals surface area contributed by atoms with Crippen molar-refractivity contribution in [2.45, 2.75) is 259 Å². The molecule has 6 amide bonds. The maximum absolute atomic E-state index is 13.6. The normalized spacial score (nSPS) is 24.0.